The minimum absolute atomic E-state index is 0.0883. The third-order valence-electron chi connectivity index (χ3n) is 5.85. The summed E-state index contributed by atoms with van der Waals surface area (Å²) in [6.45, 7) is 3.15. The first-order chi connectivity index (χ1) is 16.6. The lowest BCUT2D eigenvalue weighted by Gasteiger charge is -2.34. The van der Waals surface area contributed by atoms with E-state index < -0.39 is 0 Å². The highest BCUT2D eigenvalue weighted by Crippen LogP contribution is 2.23. The second-order valence-corrected chi connectivity index (χ2v) is 8.74. The average Bonchev–Trinajstić information content (AvgIpc) is 3.27. The monoisotopic (exact) mass is 472 g/mol. The number of piperazine rings is 1. The van der Waals surface area contributed by atoms with Crippen molar-refractivity contribution in [3.63, 3.8) is 0 Å². The Kier molecular flexibility index (Phi) is 6.60. The summed E-state index contributed by atoms with van der Waals surface area (Å²) in [6.07, 6.45) is 3.71. The number of hydrogen-bond acceptors (Lipinski definition) is 4. The van der Waals surface area contributed by atoms with Crippen molar-refractivity contribution in [1.82, 2.24) is 14.5 Å². The second-order valence-electron chi connectivity index (χ2n) is 8.31. The Bertz CT molecular complexity index is 1260. The maximum atomic E-state index is 12.8. The molecule has 6 nitrogen and oxygen atoms in total. The molecule has 0 N–H and O–H groups in total. The molecule has 3 aromatic carbocycles. The zero-order valence-corrected chi connectivity index (χ0v) is 19.4. The van der Waals surface area contributed by atoms with E-state index in [1.54, 1.807) is 0 Å². The van der Waals surface area contributed by atoms with E-state index >= 15 is 0 Å². The van der Waals surface area contributed by atoms with Crippen molar-refractivity contribution in [1.29, 1.82) is 0 Å². The van der Waals surface area contributed by atoms with Crippen LogP contribution in [0.2, 0.25) is 5.02 Å². The van der Waals surface area contributed by atoms with E-state index in [0.717, 1.165) is 35.0 Å². The van der Waals surface area contributed by atoms with Crippen molar-refractivity contribution in [3.8, 4) is 11.5 Å². The van der Waals surface area contributed by atoms with Gasteiger partial charge in [0.1, 0.15) is 11.5 Å². The number of aromatic nitrogens is 2. The quantitative estimate of drug-likeness (QED) is 0.370. The largest absolute Gasteiger partial charge is 0.457 e. The van der Waals surface area contributed by atoms with Gasteiger partial charge >= 0.3 is 0 Å². The number of anilines is 1. The molecule has 0 aliphatic carbocycles. The van der Waals surface area contributed by atoms with E-state index in [2.05, 4.69) is 20.5 Å². The fraction of sp³-hybridized carbons (Fsp3) is 0.185. The van der Waals surface area contributed by atoms with Crippen molar-refractivity contribution in [2.24, 2.45) is 0 Å². The number of benzene rings is 3. The van der Waals surface area contributed by atoms with E-state index in [0.29, 0.717) is 31.2 Å². The van der Waals surface area contributed by atoms with Crippen LogP contribution >= 0.6 is 11.6 Å². The third-order valence-corrected chi connectivity index (χ3v) is 6.10. The number of ether oxygens (including phenoxy) is 1. The number of para-hydroxylation sites is 1. The first kappa shape index (κ1) is 22.2. The molecule has 1 amide bonds. The standard InChI is InChI=1S/C27H25ClN4O2/c28-22-9-11-23(12-10-22)32-14-13-30(19-27(32)33)18-24-16-29-20-31(24)17-21-5-4-8-26(15-21)34-25-6-2-1-3-7-25/h1-12,15-16,20H,13-14,17-19H2. The molecule has 4 aromatic rings. The number of imidazole rings is 1. The highest BCUT2D eigenvalue weighted by molar-refractivity contribution is 6.30. The first-order valence-electron chi connectivity index (χ1n) is 11.2. The predicted molar refractivity (Wildman–Crippen MR) is 133 cm³/mol. The summed E-state index contributed by atoms with van der Waals surface area (Å²) < 4.78 is 8.09. The van der Waals surface area contributed by atoms with Gasteiger partial charge in [0.15, 0.2) is 0 Å². The highest BCUT2D eigenvalue weighted by Gasteiger charge is 2.25. The third kappa shape index (κ3) is 5.30. The van der Waals surface area contributed by atoms with Gasteiger partial charge in [-0.15, -0.1) is 0 Å². The van der Waals surface area contributed by atoms with Crippen molar-refractivity contribution in [2.45, 2.75) is 13.1 Å². The number of carbonyl (C=O) groups is 1. The van der Waals surface area contributed by atoms with Gasteiger partial charge in [0.05, 0.1) is 18.6 Å². The smallest absolute Gasteiger partial charge is 0.241 e. The summed E-state index contributed by atoms with van der Waals surface area (Å²) in [5.41, 5.74) is 3.08. The van der Waals surface area contributed by atoms with Gasteiger partial charge in [0.2, 0.25) is 5.91 Å². The molecule has 0 bridgehead atoms. The zero-order chi connectivity index (χ0) is 23.3. The fourth-order valence-corrected chi connectivity index (χ4v) is 4.26. The van der Waals surface area contributed by atoms with Crippen LogP contribution in [0.25, 0.3) is 0 Å². The molecular formula is C27H25ClN4O2. The summed E-state index contributed by atoms with van der Waals surface area (Å²) in [5.74, 6) is 1.70. The summed E-state index contributed by atoms with van der Waals surface area (Å²) in [4.78, 5) is 21.1. The summed E-state index contributed by atoms with van der Waals surface area (Å²) in [7, 11) is 0. The highest BCUT2D eigenvalue weighted by atomic mass is 35.5. The molecule has 0 radical (unpaired) electrons. The molecule has 0 atom stereocenters. The molecule has 2 heterocycles. The summed E-state index contributed by atoms with van der Waals surface area (Å²) in [6, 6.07) is 25.2. The summed E-state index contributed by atoms with van der Waals surface area (Å²) in [5, 5.41) is 0.667. The molecule has 1 aromatic heterocycles. The molecule has 5 rings (SSSR count). The second kappa shape index (κ2) is 10.1. The van der Waals surface area contributed by atoms with Gasteiger partial charge in [0.25, 0.3) is 0 Å². The Morgan fingerprint density at radius 2 is 1.68 bits per heavy atom. The van der Waals surface area contributed by atoms with E-state index in [1.807, 2.05) is 90.2 Å². The minimum Gasteiger partial charge on any atom is -0.457 e. The van der Waals surface area contributed by atoms with Crippen LogP contribution in [0.5, 0.6) is 11.5 Å². The SMILES string of the molecule is O=C1CN(Cc2cncn2Cc2cccc(Oc3ccccc3)c2)CCN1c1ccc(Cl)cc1. The number of carbonyl (C=O) groups excluding carboxylic acids is 1. The van der Waals surface area contributed by atoms with E-state index in [1.165, 1.54) is 0 Å². The van der Waals surface area contributed by atoms with E-state index in [9.17, 15) is 4.79 Å². The van der Waals surface area contributed by atoms with Crippen LogP contribution in [0.4, 0.5) is 5.69 Å². The van der Waals surface area contributed by atoms with Crippen LogP contribution < -0.4 is 9.64 Å². The Labute approximate surface area is 204 Å². The molecular weight excluding hydrogens is 448 g/mol. The van der Waals surface area contributed by atoms with Gasteiger partial charge in [-0.2, -0.15) is 0 Å². The molecule has 172 valence electrons. The van der Waals surface area contributed by atoms with Crippen molar-refractivity contribution >= 4 is 23.2 Å². The van der Waals surface area contributed by atoms with Gasteiger partial charge < -0.3 is 14.2 Å². The number of hydrogen-bond donors (Lipinski definition) is 0. The van der Waals surface area contributed by atoms with Gasteiger partial charge in [-0.25, -0.2) is 4.98 Å². The number of amides is 1. The van der Waals surface area contributed by atoms with Crippen molar-refractivity contribution < 1.29 is 9.53 Å². The van der Waals surface area contributed by atoms with Gasteiger partial charge in [0, 0.05) is 43.1 Å². The molecule has 34 heavy (non-hydrogen) atoms. The molecule has 1 saturated heterocycles. The average molecular weight is 473 g/mol. The van der Waals surface area contributed by atoms with Gasteiger partial charge in [-0.3, -0.25) is 9.69 Å². The summed E-state index contributed by atoms with van der Waals surface area (Å²) >= 11 is 5.98. The molecule has 7 heteroatoms. The molecule has 0 saturated carbocycles. The van der Waals surface area contributed by atoms with Crippen molar-refractivity contribution in [3.05, 3.63) is 108 Å². The molecule has 1 aliphatic rings. The molecule has 1 aliphatic heterocycles. The van der Waals surface area contributed by atoms with Crippen LogP contribution in [0, 0.1) is 0 Å². The van der Waals surface area contributed by atoms with Crippen LogP contribution in [-0.4, -0.2) is 40.0 Å². The number of rotatable bonds is 7. The lowest BCUT2D eigenvalue weighted by atomic mass is 10.2. The predicted octanol–water partition coefficient (Wildman–Crippen LogP) is 5.23. The normalized spacial score (nSPS) is 14.4. The minimum atomic E-state index is 0.0883. The van der Waals surface area contributed by atoms with Gasteiger partial charge in [-0.05, 0) is 54.1 Å². The zero-order valence-electron chi connectivity index (χ0n) is 18.7. The van der Waals surface area contributed by atoms with Crippen LogP contribution in [0.15, 0.2) is 91.4 Å². The fourth-order valence-electron chi connectivity index (χ4n) is 4.13. The Hall–Kier alpha value is -3.61. The van der Waals surface area contributed by atoms with Crippen LogP contribution in [-0.2, 0) is 17.9 Å². The topological polar surface area (TPSA) is 50.6 Å². The number of halogens is 1. The molecule has 0 spiro atoms. The van der Waals surface area contributed by atoms with E-state index in [-0.39, 0.29) is 5.91 Å². The molecule has 0 unspecified atom stereocenters. The Morgan fingerprint density at radius 1 is 0.882 bits per heavy atom. The molecule has 1 fully saturated rings. The van der Waals surface area contributed by atoms with Crippen LogP contribution in [0.1, 0.15) is 11.3 Å². The van der Waals surface area contributed by atoms with Gasteiger partial charge in [-0.1, -0.05) is 41.9 Å². The number of nitrogens with zero attached hydrogens (tertiary/aromatic N) is 4. The Balaban J connectivity index is 1.22. The van der Waals surface area contributed by atoms with Crippen LogP contribution in [0.3, 0.4) is 0 Å². The van der Waals surface area contributed by atoms with E-state index in [4.69, 9.17) is 16.3 Å². The van der Waals surface area contributed by atoms with Crippen molar-refractivity contribution in [2.75, 3.05) is 24.5 Å². The maximum absolute atomic E-state index is 12.8. The Morgan fingerprint density at radius 3 is 2.47 bits per heavy atom. The lowest BCUT2D eigenvalue weighted by molar-refractivity contribution is -0.121. The lowest BCUT2D eigenvalue weighted by Crippen LogP contribution is -2.50. The first-order valence-corrected chi connectivity index (χ1v) is 11.6. The maximum Gasteiger partial charge on any atom is 0.241 e.